The van der Waals surface area contributed by atoms with Gasteiger partial charge in [-0.15, -0.1) is 0 Å². The summed E-state index contributed by atoms with van der Waals surface area (Å²) in [4.78, 5) is 4.36. The largest absolute Gasteiger partial charge is 0.431 e. The number of hydrogen-bond donors (Lipinski definition) is 1. The molecule has 1 N–H and O–H groups in total. The van der Waals surface area contributed by atoms with Gasteiger partial charge in [0, 0.05) is 5.69 Å². The van der Waals surface area contributed by atoms with Gasteiger partial charge in [-0.3, -0.25) is 0 Å². The zero-order valence-electron chi connectivity index (χ0n) is 9.87. The predicted octanol–water partition coefficient (Wildman–Crippen LogP) is 4.32. The van der Waals surface area contributed by atoms with E-state index in [0.717, 1.165) is 16.8 Å². The molecule has 0 amide bonds. The summed E-state index contributed by atoms with van der Waals surface area (Å²) in [6, 6.07) is 17.4. The van der Waals surface area contributed by atoms with Gasteiger partial charge in [0.2, 0.25) is 0 Å². The van der Waals surface area contributed by atoms with Gasteiger partial charge in [0.25, 0.3) is 5.22 Å². The third kappa shape index (κ3) is 2.94. The smallest absolute Gasteiger partial charge is 0.263 e. The standard InChI is InChI=1S/C14H10N2OS2/c18-14(15-10-6-2-1-3-7-10)19-13-16-11-8-4-5-9-12(11)17-13/h1-9H,(H,15,18). The molecule has 0 aliphatic heterocycles. The van der Waals surface area contributed by atoms with E-state index in [9.17, 15) is 0 Å². The lowest BCUT2D eigenvalue weighted by molar-refractivity contribution is 0.491. The molecule has 0 atom stereocenters. The van der Waals surface area contributed by atoms with E-state index in [4.69, 9.17) is 16.6 Å². The van der Waals surface area contributed by atoms with Crippen LogP contribution in [0.15, 0.2) is 64.2 Å². The molecule has 0 spiro atoms. The van der Waals surface area contributed by atoms with Crippen molar-refractivity contribution in [3.8, 4) is 0 Å². The normalized spacial score (nSPS) is 10.5. The number of para-hydroxylation sites is 3. The fourth-order valence-corrected chi connectivity index (χ4v) is 2.57. The van der Waals surface area contributed by atoms with Gasteiger partial charge in [-0.2, -0.15) is 0 Å². The van der Waals surface area contributed by atoms with E-state index in [1.165, 1.54) is 11.8 Å². The highest BCUT2D eigenvalue weighted by atomic mass is 32.2. The maximum absolute atomic E-state index is 5.60. The Kier molecular flexibility index (Phi) is 3.48. The zero-order valence-corrected chi connectivity index (χ0v) is 11.5. The van der Waals surface area contributed by atoms with Crippen molar-refractivity contribution in [2.75, 3.05) is 5.32 Å². The van der Waals surface area contributed by atoms with E-state index in [2.05, 4.69) is 10.3 Å². The fourth-order valence-electron chi connectivity index (χ4n) is 1.64. The number of aromatic nitrogens is 1. The SMILES string of the molecule is S=C(Nc1ccccc1)Sc1nc2ccccc2o1. The lowest BCUT2D eigenvalue weighted by Crippen LogP contribution is -2.03. The third-order valence-electron chi connectivity index (χ3n) is 2.47. The van der Waals surface area contributed by atoms with Crippen molar-refractivity contribution in [1.82, 2.24) is 4.98 Å². The summed E-state index contributed by atoms with van der Waals surface area (Å²) in [7, 11) is 0. The average Bonchev–Trinajstić information content (AvgIpc) is 2.81. The third-order valence-corrected chi connectivity index (χ3v) is 3.46. The molecule has 19 heavy (non-hydrogen) atoms. The van der Waals surface area contributed by atoms with Gasteiger partial charge >= 0.3 is 0 Å². The molecule has 0 fully saturated rings. The second-order valence-corrected chi connectivity index (χ2v) is 5.46. The van der Waals surface area contributed by atoms with Crippen LogP contribution < -0.4 is 5.32 Å². The highest BCUT2D eigenvalue weighted by molar-refractivity contribution is 8.23. The van der Waals surface area contributed by atoms with Gasteiger partial charge in [0.05, 0.1) is 0 Å². The minimum absolute atomic E-state index is 0.551. The highest BCUT2D eigenvalue weighted by Crippen LogP contribution is 2.24. The van der Waals surface area contributed by atoms with Crippen LogP contribution in [-0.4, -0.2) is 9.30 Å². The van der Waals surface area contributed by atoms with Crippen molar-refractivity contribution in [2.45, 2.75) is 5.22 Å². The fraction of sp³-hybridized carbons (Fsp3) is 0. The zero-order chi connectivity index (χ0) is 13.1. The molecule has 0 radical (unpaired) electrons. The number of nitrogens with one attached hydrogen (secondary N) is 1. The monoisotopic (exact) mass is 286 g/mol. The van der Waals surface area contributed by atoms with Crippen molar-refractivity contribution < 1.29 is 4.42 Å². The summed E-state index contributed by atoms with van der Waals surface area (Å²) in [5.41, 5.74) is 2.57. The molecular formula is C14H10N2OS2. The molecule has 0 saturated carbocycles. The van der Waals surface area contributed by atoms with Crippen molar-refractivity contribution in [3.05, 3.63) is 54.6 Å². The highest BCUT2D eigenvalue weighted by Gasteiger charge is 2.08. The molecule has 2 aromatic carbocycles. The number of anilines is 1. The van der Waals surface area contributed by atoms with E-state index in [1.807, 2.05) is 54.6 Å². The number of nitrogens with zero attached hydrogens (tertiary/aromatic N) is 1. The number of benzene rings is 2. The average molecular weight is 286 g/mol. The van der Waals surface area contributed by atoms with E-state index >= 15 is 0 Å². The number of rotatable bonds is 2. The Morgan fingerprint density at radius 3 is 2.58 bits per heavy atom. The molecule has 1 aromatic heterocycles. The summed E-state index contributed by atoms with van der Waals surface area (Å²) in [6.07, 6.45) is 0. The van der Waals surface area contributed by atoms with Gasteiger partial charge < -0.3 is 9.73 Å². The van der Waals surface area contributed by atoms with Crippen LogP contribution >= 0.6 is 24.0 Å². The Bertz CT molecular complexity index is 677. The van der Waals surface area contributed by atoms with Crippen LogP contribution in [0.2, 0.25) is 0 Å². The molecule has 3 nitrogen and oxygen atoms in total. The van der Waals surface area contributed by atoms with E-state index < -0.39 is 0 Å². The lowest BCUT2D eigenvalue weighted by Gasteiger charge is -2.04. The Morgan fingerprint density at radius 1 is 1.05 bits per heavy atom. The minimum atomic E-state index is 0.551. The Labute approximate surface area is 120 Å². The maximum Gasteiger partial charge on any atom is 0.263 e. The Balaban J connectivity index is 1.72. The number of hydrogen-bond acceptors (Lipinski definition) is 4. The quantitative estimate of drug-likeness (QED) is 0.561. The van der Waals surface area contributed by atoms with Crippen LogP contribution in [0.3, 0.4) is 0 Å². The van der Waals surface area contributed by atoms with Crippen molar-refractivity contribution in [3.63, 3.8) is 0 Å². The molecule has 1 heterocycles. The summed E-state index contributed by atoms with van der Waals surface area (Å²) in [6.45, 7) is 0. The van der Waals surface area contributed by atoms with Gasteiger partial charge in [-0.25, -0.2) is 4.98 Å². The van der Waals surface area contributed by atoms with Crippen molar-refractivity contribution in [1.29, 1.82) is 0 Å². The van der Waals surface area contributed by atoms with Crippen LogP contribution in [0, 0.1) is 0 Å². The van der Waals surface area contributed by atoms with Crippen molar-refractivity contribution in [2.24, 2.45) is 0 Å². The molecule has 0 aliphatic carbocycles. The molecule has 0 aliphatic rings. The lowest BCUT2D eigenvalue weighted by atomic mass is 10.3. The van der Waals surface area contributed by atoms with Crippen LogP contribution in [0.5, 0.6) is 0 Å². The van der Waals surface area contributed by atoms with E-state index in [0.29, 0.717) is 9.54 Å². The first kappa shape index (κ1) is 12.2. The second-order valence-electron chi connectivity index (χ2n) is 3.83. The molecule has 3 rings (SSSR count). The molecule has 3 aromatic rings. The summed E-state index contributed by atoms with van der Waals surface area (Å²) in [5, 5.41) is 3.68. The van der Waals surface area contributed by atoms with Crippen LogP contribution in [0.1, 0.15) is 0 Å². The van der Waals surface area contributed by atoms with Crippen molar-refractivity contribution >= 4 is 45.1 Å². The Morgan fingerprint density at radius 2 is 1.79 bits per heavy atom. The minimum Gasteiger partial charge on any atom is -0.431 e. The van der Waals surface area contributed by atoms with Gasteiger partial charge in [-0.05, 0) is 36.0 Å². The van der Waals surface area contributed by atoms with E-state index in [-0.39, 0.29) is 0 Å². The second kappa shape index (κ2) is 5.42. The number of thiocarbonyl (C=S) groups is 1. The molecule has 94 valence electrons. The summed E-state index contributed by atoms with van der Waals surface area (Å²) >= 11 is 6.58. The van der Waals surface area contributed by atoms with Gasteiger partial charge in [0.15, 0.2) is 5.58 Å². The predicted molar refractivity (Wildman–Crippen MR) is 82.5 cm³/mol. The summed E-state index contributed by atoms with van der Waals surface area (Å²) in [5.74, 6) is 0. The van der Waals surface area contributed by atoms with Crippen LogP contribution in [0.4, 0.5) is 5.69 Å². The van der Waals surface area contributed by atoms with Crippen LogP contribution in [0.25, 0.3) is 11.1 Å². The molecule has 0 bridgehead atoms. The molecule has 0 unspecified atom stereocenters. The number of fused-ring (bicyclic) bond motifs is 1. The van der Waals surface area contributed by atoms with Gasteiger partial charge in [-0.1, -0.05) is 42.5 Å². The topological polar surface area (TPSA) is 38.1 Å². The molecule has 0 saturated heterocycles. The maximum atomic E-state index is 5.60. The molecule has 5 heteroatoms. The number of oxazole rings is 1. The first-order valence-electron chi connectivity index (χ1n) is 5.71. The molecular weight excluding hydrogens is 276 g/mol. The first-order valence-corrected chi connectivity index (χ1v) is 6.93. The first-order chi connectivity index (χ1) is 9.31. The van der Waals surface area contributed by atoms with E-state index in [1.54, 1.807) is 0 Å². The Hall–Kier alpha value is -1.85. The van der Waals surface area contributed by atoms with Crippen LogP contribution in [-0.2, 0) is 0 Å². The van der Waals surface area contributed by atoms with Gasteiger partial charge in [0.1, 0.15) is 9.84 Å². The number of thioether (sulfide) groups is 1. The summed E-state index contributed by atoms with van der Waals surface area (Å²) < 4.78 is 6.21.